The number of halogens is 1. The van der Waals surface area contributed by atoms with Gasteiger partial charge in [-0.3, -0.25) is 4.90 Å². The molecule has 5 heteroatoms. The van der Waals surface area contributed by atoms with E-state index in [1.807, 2.05) is 30.3 Å². The van der Waals surface area contributed by atoms with Gasteiger partial charge < -0.3 is 14.5 Å². The van der Waals surface area contributed by atoms with Gasteiger partial charge in [0.15, 0.2) is 11.5 Å². The first-order chi connectivity index (χ1) is 12.2. The van der Waals surface area contributed by atoms with Crippen LogP contribution in [0.5, 0.6) is 11.5 Å². The SMILES string of the molecule is COc1ccccc1OCCN1CCc2[nH]c3ccc(F)cc3c2C1. The predicted octanol–water partition coefficient (Wildman–Crippen LogP) is 3.75. The summed E-state index contributed by atoms with van der Waals surface area (Å²) in [6.07, 6.45) is 0.945. The monoisotopic (exact) mass is 340 g/mol. The molecule has 25 heavy (non-hydrogen) atoms. The van der Waals surface area contributed by atoms with Crippen LogP contribution in [0.1, 0.15) is 11.3 Å². The molecule has 0 atom stereocenters. The van der Waals surface area contributed by atoms with Crippen LogP contribution in [-0.4, -0.2) is 36.7 Å². The molecule has 0 aliphatic carbocycles. The minimum Gasteiger partial charge on any atom is -0.493 e. The summed E-state index contributed by atoms with van der Waals surface area (Å²) in [5, 5.41) is 0.991. The van der Waals surface area contributed by atoms with Gasteiger partial charge in [-0.25, -0.2) is 4.39 Å². The maximum Gasteiger partial charge on any atom is 0.161 e. The smallest absolute Gasteiger partial charge is 0.161 e. The molecule has 2 aromatic carbocycles. The molecule has 2 heterocycles. The van der Waals surface area contributed by atoms with Gasteiger partial charge in [0.1, 0.15) is 12.4 Å². The number of ether oxygens (including phenoxy) is 2. The summed E-state index contributed by atoms with van der Waals surface area (Å²) in [6, 6.07) is 12.6. The summed E-state index contributed by atoms with van der Waals surface area (Å²) >= 11 is 0. The Kier molecular flexibility index (Phi) is 4.32. The van der Waals surface area contributed by atoms with Crippen molar-refractivity contribution < 1.29 is 13.9 Å². The maximum atomic E-state index is 13.6. The fourth-order valence-corrected chi connectivity index (χ4v) is 3.46. The van der Waals surface area contributed by atoms with Gasteiger partial charge >= 0.3 is 0 Å². The highest BCUT2D eigenvalue weighted by Gasteiger charge is 2.20. The third kappa shape index (κ3) is 3.20. The van der Waals surface area contributed by atoms with Crippen LogP contribution in [0.15, 0.2) is 42.5 Å². The Labute approximate surface area is 146 Å². The fourth-order valence-electron chi connectivity index (χ4n) is 3.46. The lowest BCUT2D eigenvalue weighted by Gasteiger charge is -2.27. The average Bonchev–Trinajstić information content (AvgIpc) is 2.99. The molecule has 1 aliphatic rings. The van der Waals surface area contributed by atoms with Crippen molar-refractivity contribution >= 4 is 10.9 Å². The molecule has 0 unspecified atom stereocenters. The zero-order valence-electron chi connectivity index (χ0n) is 14.2. The van der Waals surface area contributed by atoms with Gasteiger partial charge in [-0.2, -0.15) is 0 Å². The molecule has 1 aliphatic heterocycles. The van der Waals surface area contributed by atoms with Crippen LogP contribution in [0.3, 0.4) is 0 Å². The quantitative estimate of drug-likeness (QED) is 0.769. The maximum absolute atomic E-state index is 13.6. The highest BCUT2D eigenvalue weighted by Crippen LogP contribution is 2.29. The number of fused-ring (bicyclic) bond motifs is 3. The normalized spacial score (nSPS) is 14.5. The summed E-state index contributed by atoms with van der Waals surface area (Å²) in [7, 11) is 1.64. The fraction of sp³-hybridized carbons (Fsp3) is 0.300. The van der Waals surface area contributed by atoms with Crippen LogP contribution in [0.4, 0.5) is 4.39 Å². The summed E-state index contributed by atoms with van der Waals surface area (Å²) in [6.45, 7) is 3.19. The lowest BCUT2D eigenvalue weighted by Crippen LogP contribution is -2.33. The van der Waals surface area contributed by atoms with Gasteiger partial charge in [-0.15, -0.1) is 0 Å². The number of H-pyrrole nitrogens is 1. The lowest BCUT2D eigenvalue weighted by atomic mass is 10.0. The Morgan fingerprint density at radius 3 is 2.84 bits per heavy atom. The van der Waals surface area contributed by atoms with E-state index in [9.17, 15) is 4.39 Å². The van der Waals surface area contributed by atoms with Crippen molar-refractivity contribution in [3.63, 3.8) is 0 Å². The first kappa shape index (κ1) is 16.0. The molecule has 1 N–H and O–H groups in total. The number of aromatic amines is 1. The summed E-state index contributed by atoms with van der Waals surface area (Å²) < 4.78 is 24.8. The Morgan fingerprint density at radius 1 is 1.16 bits per heavy atom. The van der Waals surface area contributed by atoms with Crippen LogP contribution in [0, 0.1) is 5.82 Å². The molecule has 0 amide bonds. The second-order valence-corrected chi connectivity index (χ2v) is 6.30. The van der Waals surface area contributed by atoms with Gasteiger partial charge in [0, 0.05) is 42.7 Å². The number of benzene rings is 2. The third-order valence-electron chi connectivity index (χ3n) is 4.75. The Bertz CT molecular complexity index is 891. The number of para-hydroxylation sites is 2. The van der Waals surface area contributed by atoms with Crippen molar-refractivity contribution in [1.29, 1.82) is 0 Å². The minimum atomic E-state index is -0.189. The van der Waals surface area contributed by atoms with E-state index in [0.717, 1.165) is 48.5 Å². The lowest BCUT2D eigenvalue weighted by molar-refractivity contribution is 0.193. The Hall–Kier alpha value is -2.53. The summed E-state index contributed by atoms with van der Waals surface area (Å²) in [4.78, 5) is 5.76. The molecular formula is C20H21FN2O2. The number of hydrogen-bond donors (Lipinski definition) is 1. The molecule has 4 rings (SSSR count). The van der Waals surface area contributed by atoms with E-state index in [4.69, 9.17) is 9.47 Å². The van der Waals surface area contributed by atoms with Crippen molar-refractivity contribution in [1.82, 2.24) is 9.88 Å². The summed E-state index contributed by atoms with van der Waals surface area (Å²) in [5.74, 6) is 1.32. The third-order valence-corrected chi connectivity index (χ3v) is 4.75. The number of aromatic nitrogens is 1. The van der Waals surface area contributed by atoms with Crippen LogP contribution in [0.2, 0.25) is 0 Å². The summed E-state index contributed by atoms with van der Waals surface area (Å²) in [5.41, 5.74) is 3.44. The minimum absolute atomic E-state index is 0.189. The first-order valence-electron chi connectivity index (χ1n) is 8.52. The zero-order chi connectivity index (χ0) is 17.2. The van der Waals surface area contributed by atoms with E-state index >= 15 is 0 Å². The molecule has 0 spiro atoms. The number of hydrogen-bond acceptors (Lipinski definition) is 3. The molecule has 1 aromatic heterocycles. The molecule has 4 nitrogen and oxygen atoms in total. The molecule has 0 fully saturated rings. The topological polar surface area (TPSA) is 37.5 Å². The van der Waals surface area contributed by atoms with E-state index in [0.29, 0.717) is 6.61 Å². The van der Waals surface area contributed by atoms with Gasteiger partial charge in [0.2, 0.25) is 0 Å². The number of nitrogens with one attached hydrogen (secondary N) is 1. The van der Waals surface area contributed by atoms with Crippen molar-refractivity contribution in [2.24, 2.45) is 0 Å². The molecule has 0 saturated heterocycles. The molecule has 130 valence electrons. The van der Waals surface area contributed by atoms with E-state index in [-0.39, 0.29) is 5.82 Å². The molecule has 3 aromatic rings. The van der Waals surface area contributed by atoms with E-state index < -0.39 is 0 Å². The van der Waals surface area contributed by atoms with Crippen molar-refractivity contribution in [3.05, 3.63) is 59.5 Å². The largest absolute Gasteiger partial charge is 0.493 e. The van der Waals surface area contributed by atoms with Gasteiger partial charge in [-0.1, -0.05) is 12.1 Å². The Balaban J connectivity index is 1.42. The van der Waals surface area contributed by atoms with Gasteiger partial charge in [0.05, 0.1) is 7.11 Å². The van der Waals surface area contributed by atoms with Crippen LogP contribution < -0.4 is 9.47 Å². The Morgan fingerprint density at radius 2 is 2.00 bits per heavy atom. The highest BCUT2D eigenvalue weighted by atomic mass is 19.1. The second-order valence-electron chi connectivity index (χ2n) is 6.30. The molecule has 0 bridgehead atoms. The van der Waals surface area contributed by atoms with Gasteiger partial charge in [-0.05, 0) is 35.9 Å². The van der Waals surface area contributed by atoms with Crippen molar-refractivity contribution in [3.8, 4) is 11.5 Å². The number of methoxy groups -OCH3 is 1. The zero-order valence-corrected chi connectivity index (χ0v) is 14.2. The first-order valence-corrected chi connectivity index (χ1v) is 8.52. The second kappa shape index (κ2) is 6.76. The van der Waals surface area contributed by atoms with Crippen LogP contribution in [-0.2, 0) is 13.0 Å². The van der Waals surface area contributed by atoms with E-state index in [1.165, 1.54) is 17.3 Å². The highest BCUT2D eigenvalue weighted by molar-refractivity contribution is 5.84. The van der Waals surface area contributed by atoms with E-state index in [1.54, 1.807) is 13.2 Å². The molecule has 0 radical (unpaired) electrons. The van der Waals surface area contributed by atoms with Crippen molar-refractivity contribution in [2.45, 2.75) is 13.0 Å². The standard InChI is InChI=1S/C20H21FN2O2/c1-24-19-4-2-3-5-20(19)25-11-10-23-9-8-18-16(13-23)15-12-14(21)6-7-17(15)22-18/h2-7,12,22H,8-11,13H2,1H3. The molecule has 0 saturated carbocycles. The number of nitrogens with zero attached hydrogens (tertiary/aromatic N) is 1. The van der Waals surface area contributed by atoms with E-state index in [2.05, 4.69) is 9.88 Å². The average molecular weight is 340 g/mol. The van der Waals surface area contributed by atoms with Crippen LogP contribution in [0.25, 0.3) is 10.9 Å². The predicted molar refractivity (Wildman–Crippen MR) is 95.7 cm³/mol. The van der Waals surface area contributed by atoms with Gasteiger partial charge in [0.25, 0.3) is 0 Å². The molecular weight excluding hydrogens is 319 g/mol. The van der Waals surface area contributed by atoms with Crippen LogP contribution >= 0.6 is 0 Å². The van der Waals surface area contributed by atoms with Crippen molar-refractivity contribution in [2.75, 3.05) is 26.8 Å². The number of rotatable bonds is 5.